The number of hydrogen-bond acceptors (Lipinski definition) is 1. The molecule has 2 aromatic rings. The van der Waals surface area contributed by atoms with Crippen molar-refractivity contribution < 1.29 is 4.79 Å². The van der Waals surface area contributed by atoms with Gasteiger partial charge in [-0.25, -0.2) is 0 Å². The lowest BCUT2D eigenvalue weighted by Crippen LogP contribution is -2.13. The average Bonchev–Trinajstić information content (AvgIpc) is 2.36. The van der Waals surface area contributed by atoms with Crippen LogP contribution >= 0.6 is 70.4 Å². The predicted molar refractivity (Wildman–Crippen MR) is 101 cm³/mol. The molecular weight excluding hydrogens is 565 g/mol. The Hall–Kier alpha value is 0.0800. The molecule has 0 atom stereocenters. The molecule has 0 saturated carbocycles. The molecule has 20 heavy (non-hydrogen) atoms. The first-order valence-electron chi connectivity index (χ1n) is 5.60. The fourth-order valence-electron chi connectivity index (χ4n) is 1.67. The van der Waals surface area contributed by atoms with Gasteiger partial charge in [0.1, 0.15) is 0 Å². The number of anilines is 1. The van der Waals surface area contributed by atoms with Gasteiger partial charge in [0.25, 0.3) is 5.91 Å². The standard InChI is InChI=1S/C14H9Br3INO/c1-7-4-11(16)13(12(17)5-7)19-14(20)9-6-8(18)2-3-10(9)15/h2-6H,1H3,(H,19,20). The van der Waals surface area contributed by atoms with Crippen LogP contribution in [0.25, 0.3) is 0 Å². The topological polar surface area (TPSA) is 29.1 Å². The Morgan fingerprint density at radius 2 is 1.65 bits per heavy atom. The van der Waals surface area contributed by atoms with E-state index in [1.807, 2.05) is 37.3 Å². The molecule has 1 amide bonds. The van der Waals surface area contributed by atoms with Gasteiger partial charge in [-0.3, -0.25) is 4.79 Å². The maximum absolute atomic E-state index is 12.4. The van der Waals surface area contributed by atoms with Crippen LogP contribution in [0.2, 0.25) is 0 Å². The van der Waals surface area contributed by atoms with Gasteiger partial charge in [0.05, 0.1) is 11.3 Å². The van der Waals surface area contributed by atoms with E-state index in [2.05, 4.69) is 75.7 Å². The molecule has 104 valence electrons. The third-order valence-electron chi connectivity index (χ3n) is 2.60. The fourth-order valence-corrected chi connectivity index (χ4v) is 4.20. The molecule has 2 aromatic carbocycles. The van der Waals surface area contributed by atoms with Crippen LogP contribution in [0.5, 0.6) is 0 Å². The minimum atomic E-state index is -0.152. The molecule has 0 saturated heterocycles. The van der Waals surface area contributed by atoms with E-state index in [-0.39, 0.29) is 5.91 Å². The van der Waals surface area contributed by atoms with Gasteiger partial charge in [-0.1, -0.05) is 0 Å². The van der Waals surface area contributed by atoms with Gasteiger partial charge in [0.2, 0.25) is 0 Å². The van der Waals surface area contributed by atoms with Gasteiger partial charge >= 0.3 is 0 Å². The van der Waals surface area contributed by atoms with Crippen LogP contribution < -0.4 is 5.32 Å². The number of nitrogens with one attached hydrogen (secondary N) is 1. The smallest absolute Gasteiger partial charge is 0.256 e. The first-order chi connectivity index (χ1) is 9.38. The van der Waals surface area contributed by atoms with Crippen LogP contribution in [0.4, 0.5) is 5.69 Å². The molecule has 2 nitrogen and oxygen atoms in total. The van der Waals surface area contributed by atoms with Crippen molar-refractivity contribution in [2.24, 2.45) is 0 Å². The lowest BCUT2D eigenvalue weighted by atomic mass is 10.2. The minimum Gasteiger partial charge on any atom is -0.320 e. The summed E-state index contributed by atoms with van der Waals surface area (Å²) in [5.41, 5.74) is 2.44. The molecule has 0 heterocycles. The first-order valence-corrected chi connectivity index (χ1v) is 9.06. The Balaban J connectivity index is 2.35. The number of hydrogen-bond donors (Lipinski definition) is 1. The molecule has 0 radical (unpaired) electrons. The van der Waals surface area contributed by atoms with Crippen LogP contribution in [0.1, 0.15) is 15.9 Å². The summed E-state index contributed by atoms with van der Waals surface area (Å²) in [6, 6.07) is 9.58. The molecule has 0 bridgehead atoms. The molecule has 0 aromatic heterocycles. The van der Waals surface area contributed by atoms with Crippen molar-refractivity contribution in [1.82, 2.24) is 0 Å². The number of amides is 1. The molecule has 6 heteroatoms. The van der Waals surface area contributed by atoms with E-state index in [0.29, 0.717) is 5.56 Å². The Morgan fingerprint density at radius 1 is 1.05 bits per heavy atom. The van der Waals surface area contributed by atoms with E-state index in [4.69, 9.17) is 0 Å². The van der Waals surface area contributed by atoms with E-state index in [9.17, 15) is 4.79 Å². The summed E-state index contributed by atoms with van der Waals surface area (Å²) in [6.07, 6.45) is 0. The number of rotatable bonds is 2. The number of carbonyl (C=O) groups is 1. The van der Waals surface area contributed by atoms with Crippen molar-refractivity contribution in [3.05, 3.63) is 58.4 Å². The summed E-state index contributed by atoms with van der Waals surface area (Å²) in [6.45, 7) is 2.00. The quantitative estimate of drug-likeness (QED) is 0.430. The zero-order chi connectivity index (χ0) is 14.9. The van der Waals surface area contributed by atoms with E-state index in [0.717, 1.165) is 28.2 Å². The van der Waals surface area contributed by atoms with Crippen molar-refractivity contribution in [2.75, 3.05) is 5.32 Å². The van der Waals surface area contributed by atoms with Crippen LogP contribution in [-0.4, -0.2) is 5.91 Å². The largest absolute Gasteiger partial charge is 0.320 e. The van der Waals surface area contributed by atoms with Crippen molar-refractivity contribution >= 4 is 82.0 Å². The van der Waals surface area contributed by atoms with Gasteiger partial charge in [-0.2, -0.15) is 0 Å². The van der Waals surface area contributed by atoms with Gasteiger partial charge in [-0.15, -0.1) is 0 Å². The fraction of sp³-hybridized carbons (Fsp3) is 0.0714. The highest BCUT2D eigenvalue weighted by Gasteiger charge is 2.14. The van der Waals surface area contributed by atoms with Gasteiger partial charge in [0.15, 0.2) is 0 Å². The predicted octanol–water partition coefficient (Wildman–Crippen LogP) is 6.14. The van der Waals surface area contributed by atoms with Crippen molar-refractivity contribution in [3.8, 4) is 0 Å². The molecular formula is C14H9Br3INO. The minimum absolute atomic E-state index is 0.152. The van der Waals surface area contributed by atoms with E-state index < -0.39 is 0 Å². The summed E-state index contributed by atoms with van der Waals surface area (Å²) in [5, 5.41) is 2.92. The highest BCUT2D eigenvalue weighted by atomic mass is 127. The van der Waals surface area contributed by atoms with Crippen molar-refractivity contribution in [2.45, 2.75) is 6.92 Å². The lowest BCUT2D eigenvalue weighted by molar-refractivity contribution is 0.102. The molecule has 0 aliphatic carbocycles. The molecule has 0 aliphatic heterocycles. The van der Waals surface area contributed by atoms with Crippen LogP contribution in [0.3, 0.4) is 0 Å². The number of carbonyl (C=O) groups excluding carboxylic acids is 1. The zero-order valence-electron chi connectivity index (χ0n) is 10.3. The molecule has 0 spiro atoms. The third-order valence-corrected chi connectivity index (χ3v) is 5.21. The lowest BCUT2D eigenvalue weighted by Gasteiger charge is -2.12. The van der Waals surface area contributed by atoms with Crippen molar-refractivity contribution in [3.63, 3.8) is 0 Å². The van der Waals surface area contributed by atoms with Crippen LogP contribution in [0.15, 0.2) is 43.7 Å². The Kier molecular flexibility index (Phi) is 5.67. The summed E-state index contributed by atoms with van der Waals surface area (Å²) < 4.78 is 3.48. The SMILES string of the molecule is Cc1cc(Br)c(NC(=O)c2cc(I)ccc2Br)c(Br)c1. The summed E-state index contributed by atoms with van der Waals surface area (Å²) in [5.74, 6) is -0.152. The van der Waals surface area contributed by atoms with Crippen LogP contribution in [0, 0.1) is 10.5 Å². The van der Waals surface area contributed by atoms with Gasteiger partial charge < -0.3 is 5.32 Å². The summed E-state index contributed by atoms with van der Waals surface area (Å²) in [4.78, 5) is 12.4. The number of halogens is 4. The van der Waals surface area contributed by atoms with E-state index in [1.54, 1.807) is 0 Å². The maximum atomic E-state index is 12.4. The van der Waals surface area contributed by atoms with E-state index in [1.165, 1.54) is 0 Å². The van der Waals surface area contributed by atoms with Gasteiger partial charge in [-0.05, 0) is 113 Å². The van der Waals surface area contributed by atoms with Crippen LogP contribution in [-0.2, 0) is 0 Å². The molecule has 0 fully saturated rings. The normalized spacial score (nSPS) is 10.4. The molecule has 0 unspecified atom stereocenters. The average molecular weight is 574 g/mol. The Labute approximate surface area is 156 Å². The molecule has 2 rings (SSSR count). The monoisotopic (exact) mass is 571 g/mol. The first kappa shape index (κ1) is 16.5. The van der Waals surface area contributed by atoms with E-state index >= 15 is 0 Å². The molecule has 0 aliphatic rings. The molecule has 1 N–H and O–H groups in total. The van der Waals surface area contributed by atoms with Crippen molar-refractivity contribution in [1.29, 1.82) is 0 Å². The zero-order valence-corrected chi connectivity index (χ0v) is 17.2. The second-order valence-corrected chi connectivity index (χ2v) is 7.99. The maximum Gasteiger partial charge on any atom is 0.256 e. The highest BCUT2D eigenvalue weighted by molar-refractivity contribution is 14.1. The second-order valence-electron chi connectivity index (χ2n) is 4.18. The summed E-state index contributed by atoms with van der Waals surface area (Å²) >= 11 is 12.5. The Morgan fingerprint density at radius 3 is 2.25 bits per heavy atom. The number of aryl methyl sites for hydroxylation is 1. The number of benzene rings is 2. The van der Waals surface area contributed by atoms with Gasteiger partial charge in [0, 0.05) is 17.0 Å². The summed E-state index contributed by atoms with van der Waals surface area (Å²) in [7, 11) is 0. The third kappa shape index (κ3) is 3.84. The highest BCUT2D eigenvalue weighted by Crippen LogP contribution is 2.33. The Bertz CT molecular complexity index is 665. The second kappa shape index (κ2) is 6.89.